The van der Waals surface area contributed by atoms with Crippen LogP contribution in [0.4, 0.5) is 4.39 Å². The number of rotatable bonds is 2. The maximum atomic E-state index is 13.2. The van der Waals surface area contributed by atoms with Gasteiger partial charge in [0.25, 0.3) is 0 Å². The molecule has 3 nitrogen and oxygen atoms in total. The van der Waals surface area contributed by atoms with E-state index in [1.165, 1.54) is 12.1 Å². The first-order valence-corrected chi connectivity index (χ1v) is 7.24. The van der Waals surface area contributed by atoms with Crippen molar-refractivity contribution >= 4 is 40.5 Å². The van der Waals surface area contributed by atoms with Gasteiger partial charge < -0.3 is 4.74 Å². The number of ether oxygens (including phenoxy) is 1. The Labute approximate surface area is 134 Å². The summed E-state index contributed by atoms with van der Waals surface area (Å²) in [5, 5.41) is 0. The Morgan fingerprint density at radius 2 is 1.95 bits per heavy atom. The van der Waals surface area contributed by atoms with E-state index >= 15 is 0 Å². The van der Waals surface area contributed by atoms with Crippen molar-refractivity contribution in [2.75, 3.05) is 0 Å². The van der Waals surface area contributed by atoms with Crippen LogP contribution < -0.4 is 0 Å². The summed E-state index contributed by atoms with van der Waals surface area (Å²) in [6.07, 6.45) is 1.66. The summed E-state index contributed by atoms with van der Waals surface area (Å²) in [5.41, 5.74) is 1.53. The highest BCUT2D eigenvalue weighted by molar-refractivity contribution is 14.1. The molecule has 0 fully saturated rings. The zero-order chi connectivity index (χ0) is 14.8. The normalized spacial score (nSPS) is 16.0. The predicted molar refractivity (Wildman–Crippen MR) is 86.2 cm³/mol. The molecule has 0 bridgehead atoms. The second-order valence-electron chi connectivity index (χ2n) is 4.37. The first kappa shape index (κ1) is 13.9. The van der Waals surface area contributed by atoms with Gasteiger partial charge in [0.1, 0.15) is 5.82 Å². The van der Waals surface area contributed by atoms with Gasteiger partial charge in [-0.15, -0.1) is 0 Å². The van der Waals surface area contributed by atoms with Gasteiger partial charge in [-0.05, 0) is 58.5 Å². The fourth-order valence-electron chi connectivity index (χ4n) is 1.89. The molecule has 2 aromatic carbocycles. The molecule has 0 spiro atoms. The van der Waals surface area contributed by atoms with E-state index in [-0.39, 0.29) is 11.6 Å². The first-order valence-electron chi connectivity index (χ1n) is 6.16. The molecular formula is C16H9FINO2. The Balaban J connectivity index is 1.98. The largest absolute Gasteiger partial charge is 0.402 e. The van der Waals surface area contributed by atoms with Gasteiger partial charge in [-0.25, -0.2) is 14.2 Å². The molecule has 1 aliphatic heterocycles. The molecule has 3 rings (SSSR count). The summed E-state index contributed by atoms with van der Waals surface area (Å²) in [4.78, 5) is 16.0. The van der Waals surface area contributed by atoms with Crippen LogP contribution in [-0.2, 0) is 9.53 Å². The van der Waals surface area contributed by atoms with Crippen molar-refractivity contribution in [3.8, 4) is 0 Å². The molecule has 2 aromatic rings. The van der Waals surface area contributed by atoms with Crippen LogP contribution >= 0.6 is 22.6 Å². The number of nitrogens with zero attached hydrogens (tertiary/aromatic N) is 1. The van der Waals surface area contributed by atoms with Crippen molar-refractivity contribution in [1.82, 2.24) is 0 Å². The van der Waals surface area contributed by atoms with Crippen LogP contribution in [0, 0.1) is 9.39 Å². The molecule has 0 saturated heterocycles. The van der Waals surface area contributed by atoms with Crippen molar-refractivity contribution in [2.45, 2.75) is 0 Å². The maximum Gasteiger partial charge on any atom is 0.363 e. The van der Waals surface area contributed by atoms with E-state index < -0.39 is 11.8 Å². The molecule has 0 amide bonds. The number of benzene rings is 2. The van der Waals surface area contributed by atoms with Gasteiger partial charge in [0, 0.05) is 9.13 Å². The van der Waals surface area contributed by atoms with Crippen LogP contribution in [0.25, 0.3) is 6.08 Å². The van der Waals surface area contributed by atoms with Crippen molar-refractivity contribution in [3.05, 3.63) is 74.7 Å². The van der Waals surface area contributed by atoms with E-state index in [9.17, 15) is 9.18 Å². The van der Waals surface area contributed by atoms with Gasteiger partial charge in [-0.1, -0.05) is 24.3 Å². The SMILES string of the molecule is O=C1OC(c2cccc(F)c2)=N/C1=C\c1ccccc1I. The van der Waals surface area contributed by atoms with Crippen LogP contribution in [-0.4, -0.2) is 11.9 Å². The van der Waals surface area contributed by atoms with Gasteiger partial charge in [-0.3, -0.25) is 0 Å². The quantitative estimate of drug-likeness (QED) is 0.443. The number of carbonyl (C=O) groups excluding carboxylic acids is 1. The Kier molecular flexibility index (Phi) is 3.83. The molecule has 0 unspecified atom stereocenters. The van der Waals surface area contributed by atoms with Crippen LogP contribution in [0.5, 0.6) is 0 Å². The van der Waals surface area contributed by atoms with Crippen molar-refractivity contribution in [2.24, 2.45) is 4.99 Å². The van der Waals surface area contributed by atoms with E-state index in [0.29, 0.717) is 5.56 Å². The van der Waals surface area contributed by atoms with Gasteiger partial charge in [-0.2, -0.15) is 0 Å². The topological polar surface area (TPSA) is 38.7 Å². The first-order chi connectivity index (χ1) is 10.1. The van der Waals surface area contributed by atoms with E-state index in [0.717, 1.165) is 9.13 Å². The zero-order valence-corrected chi connectivity index (χ0v) is 12.9. The predicted octanol–water partition coefficient (Wildman–Crippen LogP) is 3.77. The fraction of sp³-hybridized carbons (Fsp3) is 0. The lowest BCUT2D eigenvalue weighted by atomic mass is 10.2. The smallest absolute Gasteiger partial charge is 0.363 e. The third kappa shape index (κ3) is 3.02. The van der Waals surface area contributed by atoms with Crippen LogP contribution in [0.15, 0.2) is 59.2 Å². The number of cyclic esters (lactones) is 1. The zero-order valence-electron chi connectivity index (χ0n) is 10.7. The average Bonchev–Trinajstić information content (AvgIpc) is 2.83. The summed E-state index contributed by atoms with van der Waals surface area (Å²) in [5.74, 6) is -0.813. The minimum atomic E-state index is -0.533. The number of halogens is 2. The average molecular weight is 393 g/mol. The van der Waals surface area contributed by atoms with Gasteiger partial charge >= 0.3 is 5.97 Å². The number of hydrogen-bond acceptors (Lipinski definition) is 3. The van der Waals surface area contributed by atoms with E-state index in [4.69, 9.17) is 4.74 Å². The molecule has 0 atom stereocenters. The Bertz CT molecular complexity index is 783. The summed E-state index contributed by atoms with van der Waals surface area (Å²) in [6.45, 7) is 0. The number of hydrogen-bond donors (Lipinski definition) is 0. The second-order valence-corrected chi connectivity index (χ2v) is 5.53. The van der Waals surface area contributed by atoms with Crippen molar-refractivity contribution < 1.29 is 13.9 Å². The molecule has 1 aliphatic rings. The molecule has 0 N–H and O–H groups in total. The molecule has 5 heteroatoms. The number of aliphatic imine (C=N–C) groups is 1. The molecule has 1 heterocycles. The monoisotopic (exact) mass is 393 g/mol. The standard InChI is InChI=1S/C16H9FINO2/c17-12-6-3-5-11(8-12)15-19-14(16(20)21-15)9-10-4-1-2-7-13(10)18/h1-9H/b14-9-. The Hall–Kier alpha value is -2.02. The third-order valence-corrected chi connectivity index (χ3v) is 3.87. The van der Waals surface area contributed by atoms with Crippen molar-refractivity contribution in [1.29, 1.82) is 0 Å². The number of esters is 1. The lowest BCUT2D eigenvalue weighted by Gasteiger charge is -1.98. The van der Waals surface area contributed by atoms with E-state index in [2.05, 4.69) is 27.6 Å². The third-order valence-electron chi connectivity index (χ3n) is 2.89. The molecule has 0 radical (unpaired) electrons. The van der Waals surface area contributed by atoms with Gasteiger partial charge in [0.15, 0.2) is 5.70 Å². The Morgan fingerprint density at radius 1 is 1.14 bits per heavy atom. The van der Waals surface area contributed by atoms with E-state index in [1.807, 2.05) is 24.3 Å². The van der Waals surface area contributed by atoms with Gasteiger partial charge in [0.2, 0.25) is 5.90 Å². The summed E-state index contributed by atoms with van der Waals surface area (Å²) in [7, 11) is 0. The van der Waals surface area contributed by atoms with Crippen LogP contribution in [0.1, 0.15) is 11.1 Å². The highest BCUT2D eigenvalue weighted by Gasteiger charge is 2.24. The minimum absolute atomic E-state index is 0.122. The summed E-state index contributed by atoms with van der Waals surface area (Å²) >= 11 is 2.18. The minimum Gasteiger partial charge on any atom is -0.402 e. The molecule has 0 aromatic heterocycles. The van der Waals surface area contributed by atoms with Crippen molar-refractivity contribution in [3.63, 3.8) is 0 Å². The Morgan fingerprint density at radius 3 is 2.71 bits per heavy atom. The maximum absolute atomic E-state index is 13.2. The highest BCUT2D eigenvalue weighted by atomic mass is 127. The summed E-state index contributed by atoms with van der Waals surface area (Å²) in [6, 6.07) is 13.4. The van der Waals surface area contributed by atoms with Gasteiger partial charge in [0.05, 0.1) is 0 Å². The number of carbonyl (C=O) groups is 1. The molecular weight excluding hydrogens is 384 g/mol. The molecule has 21 heavy (non-hydrogen) atoms. The lowest BCUT2D eigenvalue weighted by Crippen LogP contribution is -2.05. The highest BCUT2D eigenvalue weighted by Crippen LogP contribution is 2.21. The van der Waals surface area contributed by atoms with Crippen LogP contribution in [0.2, 0.25) is 0 Å². The van der Waals surface area contributed by atoms with E-state index in [1.54, 1.807) is 18.2 Å². The lowest BCUT2D eigenvalue weighted by molar-refractivity contribution is -0.129. The fourth-order valence-corrected chi connectivity index (χ4v) is 2.44. The second kappa shape index (κ2) is 5.77. The van der Waals surface area contributed by atoms with Crippen LogP contribution in [0.3, 0.4) is 0 Å². The summed E-state index contributed by atoms with van der Waals surface area (Å²) < 4.78 is 19.3. The molecule has 104 valence electrons. The molecule has 0 aliphatic carbocycles. The molecule has 0 saturated carbocycles.